The number of rotatable bonds is 22. The molecule has 1 unspecified atom stereocenters. The molecule has 25 heteroatoms. The number of carbonyl (C=O) groups excluding carboxylic acids is 10. The summed E-state index contributed by atoms with van der Waals surface area (Å²) in [6.45, 7) is 21.1. The number of hydrogen-bond acceptors (Lipinski definition) is 24. The van der Waals surface area contributed by atoms with E-state index in [4.69, 9.17) is 42.6 Å². The molecule has 624 valence electrons. The van der Waals surface area contributed by atoms with E-state index in [0.717, 1.165) is 5.57 Å². The summed E-state index contributed by atoms with van der Waals surface area (Å²) < 4.78 is 54.6. The number of unbranched alkanes of at least 4 members (excludes halogenated alkanes) is 3. The first kappa shape index (κ1) is 90.7. The number of amides is 1. The second-order valence-corrected chi connectivity index (χ2v) is 34.1. The quantitative estimate of drug-likeness (QED) is 0.0226. The Kier molecular flexibility index (Phi) is 32.1. The number of methoxy groups -OCH3 is 4. The number of ketones is 5. The van der Waals surface area contributed by atoms with Crippen molar-refractivity contribution in [1.29, 1.82) is 0 Å². The summed E-state index contributed by atoms with van der Waals surface area (Å²) in [6.07, 6.45) is 13.1. The van der Waals surface area contributed by atoms with Crippen LogP contribution in [0.5, 0.6) is 0 Å². The highest BCUT2D eigenvalue weighted by Gasteiger charge is 2.65. The Morgan fingerprint density at radius 2 is 1.47 bits per heavy atom. The molecule has 2 bridgehead atoms. The van der Waals surface area contributed by atoms with Crippen molar-refractivity contribution in [3.63, 3.8) is 0 Å². The molecule has 5 fully saturated rings. The van der Waals surface area contributed by atoms with Crippen LogP contribution in [0.2, 0.25) is 0 Å². The molecular weight excluding hydrogens is 1440 g/mol. The second kappa shape index (κ2) is 39.7. The standard InChI is InChI=1S/C87H129N3O22/c1-18-89(41-40-88(12)13)49-60-74-78(97)77(96)73-61-36-38-69(92)84(61,9)48-68(75(73)85(74,10)70(50-104-14)111-82(60)100)109-72(94)32-25-20-19-24-31-71(93)108-64-37-34-58(45-67(64)106-16)44-54(5)66-47-63(91)53(4)43-57(8)86(11,102)80(107-17)76(95)55(6)42-51(2)28-22-21-23-29-52(3)65(105-15)46-59-35-33-56(7)87(103,112-59)79(98)81(99)90-39-27-26-30-62(90)83(101)110-66/h21-23,28-29,43,49,51,53-56,58-59,61-62,64-68,70,80,97,102-103H,18-20,24-27,30-42,44-48,50H2,1-17H3/b23-21+,28-22+,52-29+,57-43+,60-49+/t51-,53-,54-,55-,56-,58?,59+,61+,62+,64-,65+,66+,67-,68-,70-,80+,84+,85+,86+,87-/m1/s1. The lowest BCUT2D eigenvalue weighted by Crippen LogP contribution is -2.61. The van der Waals surface area contributed by atoms with Crippen molar-refractivity contribution in [2.45, 2.75) is 277 Å². The van der Waals surface area contributed by atoms with E-state index in [0.29, 0.717) is 121 Å². The zero-order valence-corrected chi connectivity index (χ0v) is 69.6. The van der Waals surface area contributed by atoms with E-state index in [2.05, 4.69) is 0 Å². The molecular formula is C87H129N3O22. The molecule has 0 radical (unpaired) electrons. The molecule has 4 aliphatic carbocycles. The molecule has 0 aromatic heterocycles. The van der Waals surface area contributed by atoms with Crippen LogP contribution in [0.25, 0.3) is 0 Å². The summed E-state index contributed by atoms with van der Waals surface area (Å²) in [5.41, 5.74) is -2.44. The molecule has 0 aromatic carbocycles. The number of aliphatic hydroxyl groups excluding tert-OH is 1. The first-order valence-electron chi connectivity index (χ1n) is 40.9. The van der Waals surface area contributed by atoms with Crippen LogP contribution in [0.15, 0.2) is 81.9 Å². The molecule has 0 spiro atoms. The van der Waals surface area contributed by atoms with Crippen LogP contribution in [-0.4, -0.2) is 230 Å². The second-order valence-electron chi connectivity index (χ2n) is 34.1. The van der Waals surface area contributed by atoms with Gasteiger partial charge >= 0.3 is 23.9 Å². The number of carbonyl (C=O) groups is 10. The third-order valence-electron chi connectivity index (χ3n) is 25.7. The van der Waals surface area contributed by atoms with Gasteiger partial charge in [-0.1, -0.05) is 90.8 Å². The summed E-state index contributed by atoms with van der Waals surface area (Å²) in [4.78, 5) is 148. The van der Waals surface area contributed by atoms with Crippen molar-refractivity contribution in [2.24, 2.45) is 52.3 Å². The Hall–Kier alpha value is -6.84. The van der Waals surface area contributed by atoms with E-state index in [1.165, 1.54) is 26.0 Å². The molecule has 20 atom stereocenters. The Morgan fingerprint density at radius 3 is 2.12 bits per heavy atom. The van der Waals surface area contributed by atoms with Gasteiger partial charge in [0.25, 0.3) is 11.7 Å². The molecule has 112 heavy (non-hydrogen) atoms. The van der Waals surface area contributed by atoms with E-state index in [-0.39, 0.29) is 104 Å². The van der Waals surface area contributed by atoms with Crippen LogP contribution in [-0.2, 0) is 90.6 Å². The normalized spacial score (nSPS) is 36.7. The van der Waals surface area contributed by atoms with Crippen molar-refractivity contribution in [3.05, 3.63) is 81.9 Å². The molecule has 0 aromatic rings. The lowest BCUT2D eigenvalue weighted by atomic mass is 9.53. The summed E-state index contributed by atoms with van der Waals surface area (Å²) >= 11 is 0. The number of allylic oxidation sites excluding steroid dienone is 7. The van der Waals surface area contributed by atoms with Crippen LogP contribution in [0.4, 0.5) is 0 Å². The third kappa shape index (κ3) is 20.7. The highest BCUT2D eigenvalue weighted by Crippen LogP contribution is 2.63. The van der Waals surface area contributed by atoms with Crippen LogP contribution in [0.3, 0.4) is 0 Å². The van der Waals surface area contributed by atoms with Gasteiger partial charge in [-0.2, -0.15) is 0 Å². The number of cyclic esters (lactones) is 2. The fourth-order valence-electron chi connectivity index (χ4n) is 18.5. The zero-order valence-electron chi connectivity index (χ0n) is 69.6. The van der Waals surface area contributed by atoms with Crippen LogP contribution in [0.1, 0.15) is 211 Å². The lowest BCUT2D eigenvalue weighted by molar-refractivity contribution is -0.265. The molecule has 3 saturated heterocycles. The number of esters is 4. The van der Waals surface area contributed by atoms with Gasteiger partial charge in [0.05, 0.1) is 35.9 Å². The fourth-order valence-corrected chi connectivity index (χ4v) is 18.5. The van der Waals surface area contributed by atoms with Crippen molar-refractivity contribution in [3.8, 4) is 0 Å². The number of aliphatic hydroxyl groups is 3. The number of ether oxygens (including phenoxy) is 9. The fraction of sp³-hybridized carbons (Fsp3) is 0.724. The topological polar surface area (TPSA) is 324 Å². The minimum atomic E-state index is -2.50. The largest absolute Gasteiger partial charge is 0.504 e. The smallest absolute Gasteiger partial charge is 0.340 e. The molecule has 3 N–H and O–H groups in total. The van der Waals surface area contributed by atoms with Crippen molar-refractivity contribution in [2.75, 3.05) is 75.3 Å². The molecule has 1 amide bonds. The number of fused-ring (bicyclic) bond motifs is 7. The molecule has 8 aliphatic rings. The van der Waals surface area contributed by atoms with Gasteiger partial charge < -0.3 is 72.7 Å². The maximum absolute atomic E-state index is 14.9. The van der Waals surface area contributed by atoms with Gasteiger partial charge in [0, 0.05) is 140 Å². The summed E-state index contributed by atoms with van der Waals surface area (Å²) in [7, 11) is 9.80. The Bertz CT molecular complexity index is 3660. The predicted molar refractivity (Wildman–Crippen MR) is 417 cm³/mol. The van der Waals surface area contributed by atoms with E-state index in [1.54, 1.807) is 68.0 Å². The van der Waals surface area contributed by atoms with Gasteiger partial charge in [0.2, 0.25) is 11.6 Å². The van der Waals surface area contributed by atoms with Gasteiger partial charge in [-0.25, -0.2) is 9.59 Å². The molecule has 4 aliphatic heterocycles. The van der Waals surface area contributed by atoms with E-state index in [9.17, 15) is 63.3 Å². The van der Waals surface area contributed by atoms with Gasteiger partial charge in [0.1, 0.15) is 53.7 Å². The Morgan fingerprint density at radius 1 is 0.777 bits per heavy atom. The maximum Gasteiger partial charge on any atom is 0.340 e. The predicted octanol–water partition coefficient (Wildman–Crippen LogP) is 10.8. The minimum Gasteiger partial charge on any atom is -0.504 e. The Labute approximate surface area is 663 Å². The first-order chi connectivity index (χ1) is 52.9. The summed E-state index contributed by atoms with van der Waals surface area (Å²) in [5, 5.41) is 36.5. The van der Waals surface area contributed by atoms with Gasteiger partial charge in [-0.15, -0.1) is 0 Å². The lowest BCUT2D eigenvalue weighted by Gasteiger charge is -2.53. The van der Waals surface area contributed by atoms with E-state index >= 15 is 0 Å². The van der Waals surface area contributed by atoms with Crippen molar-refractivity contribution >= 4 is 58.7 Å². The minimum absolute atomic E-state index is 0.0118. The van der Waals surface area contributed by atoms with Crippen LogP contribution < -0.4 is 0 Å². The summed E-state index contributed by atoms with van der Waals surface area (Å²) in [6, 6.07) is -1.24. The van der Waals surface area contributed by atoms with Crippen LogP contribution in [0, 0.1) is 52.3 Å². The number of nitrogens with zero attached hydrogens (tertiary/aromatic N) is 3. The van der Waals surface area contributed by atoms with E-state index in [1.807, 2.05) is 82.0 Å². The van der Waals surface area contributed by atoms with Gasteiger partial charge in [-0.3, -0.25) is 38.4 Å². The third-order valence-corrected chi connectivity index (χ3v) is 25.7. The number of Topliss-reactive ketones (excluding diaryl/α,β-unsaturated/α-hetero) is 5. The monoisotopic (exact) mass is 1570 g/mol. The average Bonchev–Trinajstić information content (AvgIpc) is 1.08. The average molecular weight is 1570 g/mol. The molecule has 4 heterocycles. The summed E-state index contributed by atoms with van der Waals surface area (Å²) in [5.74, 6) is -12.6. The van der Waals surface area contributed by atoms with Gasteiger partial charge in [0.15, 0.2) is 11.5 Å². The molecule has 8 rings (SSSR count). The van der Waals surface area contributed by atoms with Crippen LogP contribution >= 0.6 is 0 Å². The first-order valence-corrected chi connectivity index (χ1v) is 40.9. The molecule has 25 nitrogen and oxygen atoms in total. The molecule has 2 saturated carbocycles. The highest BCUT2D eigenvalue weighted by molar-refractivity contribution is 6.39. The Balaban J connectivity index is 0.921. The highest BCUT2D eigenvalue weighted by atomic mass is 16.6. The maximum atomic E-state index is 14.9. The number of piperidine rings is 1. The van der Waals surface area contributed by atoms with E-state index < -0.39 is 154 Å². The van der Waals surface area contributed by atoms with Crippen molar-refractivity contribution < 1.29 is 106 Å². The van der Waals surface area contributed by atoms with Crippen molar-refractivity contribution in [1.82, 2.24) is 14.7 Å². The zero-order chi connectivity index (χ0) is 82.5. The van der Waals surface area contributed by atoms with Gasteiger partial charge in [-0.05, 0) is 167 Å². The number of likely N-dealkylation sites (N-methyl/N-ethyl adjacent to an activating group) is 2. The number of hydrogen-bond donors (Lipinski definition) is 3. The SMILES string of the molecule is CCN(/C=C1/C(=O)O[C@H](COC)[C@@]2(C)C1=C(O)C(=O)C1=C2[C@H](OC(=O)CCCCCCC(=O)O[C@@H]2CCC(C[C@@H](C)[C@@H]3CC(=O)[C@H](C)/C=C(\C)[C@](C)(O)[C@@H](OC)C(=O)[C@H](C)C[C@H](C)/C=C/C=C/C=C(\C)[C@@H](OC)C[C@@H]4CC[C@@H](C)[C@@](O)(O4)C(=O)C(=O)N4CCCC[C@H]4C(=O)O3)C[C@H]2OC)C[C@]2(C)C(=O)CC[C@@H]12)CCN(C)C.